The smallest absolute Gasteiger partial charge is 0.379 e. The van der Waals surface area contributed by atoms with Crippen LogP contribution in [0.4, 0.5) is 0 Å². The second-order valence-electron chi connectivity index (χ2n) is 5.25. The molecule has 0 aliphatic carbocycles. The number of furan rings is 2. The summed E-state index contributed by atoms with van der Waals surface area (Å²) in [4.78, 5) is 24.5. The molecular formula is C18H12O6S. The number of ether oxygens (including phenoxy) is 2. The van der Waals surface area contributed by atoms with Gasteiger partial charge in [-0.25, -0.2) is 9.59 Å². The van der Waals surface area contributed by atoms with Gasteiger partial charge in [-0.3, -0.25) is 0 Å². The maximum atomic E-state index is 12.2. The normalized spacial score (nSPS) is 14.7. The Balaban J connectivity index is 1.72. The van der Waals surface area contributed by atoms with Gasteiger partial charge in [0, 0.05) is 0 Å². The van der Waals surface area contributed by atoms with Gasteiger partial charge in [0.15, 0.2) is 11.5 Å². The van der Waals surface area contributed by atoms with E-state index in [1.54, 1.807) is 36.4 Å². The van der Waals surface area contributed by atoms with E-state index in [1.807, 2.05) is 0 Å². The quantitative estimate of drug-likeness (QED) is 0.444. The van der Waals surface area contributed by atoms with Crippen molar-refractivity contribution in [2.24, 2.45) is 0 Å². The molecular weight excluding hydrogens is 344 g/mol. The molecule has 3 aromatic rings. The van der Waals surface area contributed by atoms with Crippen LogP contribution in [-0.2, 0) is 11.5 Å². The molecule has 7 heteroatoms. The molecule has 4 rings (SSSR count). The molecule has 0 saturated carbocycles. The largest absolute Gasteiger partial charge is 0.453 e. The van der Waals surface area contributed by atoms with Crippen LogP contribution in [0.15, 0.2) is 57.4 Å². The molecule has 0 atom stereocenters. The summed E-state index contributed by atoms with van der Waals surface area (Å²) in [6.45, 7) is 0. The van der Waals surface area contributed by atoms with Crippen molar-refractivity contribution in [3.8, 4) is 11.5 Å². The fraction of sp³-hybridized carbons (Fsp3) is 0.111. The first-order valence-corrected chi connectivity index (χ1v) is 8.63. The number of benzene rings is 1. The van der Waals surface area contributed by atoms with Gasteiger partial charge in [-0.05, 0) is 36.4 Å². The zero-order chi connectivity index (χ0) is 17.2. The topological polar surface area (TPSA) is 78.9 Å². The predicted octanol–water partition coefficient (Wildman–Crippen LogP) is 4.06. The van der Waals surface area contributed by atoms with E-state index in [0.717, 1.165) is 0 Å². The average Bonchev–Trinajstić information content (AvgIpc) is 3.25. The molecule has 1 aromatic carbocycles. The zero-order valence-electron chi connectivity index (χ0n) is 12.9. The van der Waals surface area contributed by atoms with Crippen LogP contribution in [0, 0.1) is 0 Å². The van der Waals surface area contributed by atoms with Crippen molar-refractivity contribution in [1.82, 2.24) is 0 Å². The van der Waals surface area contributed by atoms with E-state index < -0.39 is 11.9 Å². The van der Waals surface area contributed by atoms with Gasteiger partial charge >= 0.3 is 11.9 Å². The molecule has 0 saturated heterocycles. The minimum absolute atomic E-state index is 0.0892. The Kier molecular flexibility index (Phi) is 4.07. The predicted molar refractivity (Wildman–Crippen MR) is 88.8 cm³/mol. The summed E-state index contributed by atoms with van der Waals surface area (Å²) in [6, 6.07) is 13.0. The van der Waals surface area contributed by atoms with Gasteiger partial charge in [-0.2, -0.15) is 0 Å². The van der Waals surface area contributed by atoms with Crippen LogP contribution in [0.25, 0.3) is 0 Å². The van der Waals surface area contributed by atoms with E-state index in [1.165, 1.54) is 23.9 Å². The SMILES string of the molecule is O=C1Oc2ccccc2OC(=O)c2ccc(o2)CSCc2ccc1o2. The molecule has 126 valence electrons. The Morgan fingerprint density at radius 3 is 1.64 bits per heavy atom. The van der Waals surface area contributed by atoms with Crippen molar-refractivity contribution in [3.63, 3.8) is 0 Å². The van der Waals surface area contributed by atoms with Crippen LogP contribution in [-0.4, -0.2) is 11.9 Å². The lowest BCUT2D eigenvalue weighted by Gasteiger charge is -2.08. The highest BCUT2D eigenvalue weighted by Gasteiger charge is 2.20. The van der Waals surface area contributed by atoms with E-state index in [9.17, 15) is 9.59 Å². The van der Waals surface area contributed by atoms with Crippen molar-refractivity contribution in [3.05, 3.63) is 71.6 Å². The number of thioether (sulfide) groups is 1. The van der Waals surface area contributed by atoms with E-state index in [-0.39, 0.29) is 23.0 Å². The Morgan fingerprint density at radius 2 is 1.16 bits per heavy atom. The van der Waals surface area contributed by atoms with Gasteiger partial charge in [0.1, 0.15) is 11.5 Å². The van der Waals surface area contributed by atoms with Crippen molar-refractivity contribution in [2.45, 2.75) is 11.5 Å². The molecule has 0 unspecified atom stereocenters. The zero-order valence-corrected chi connectivity index (χ0v) is 13.7. The molecule has 4 bridgehead atoms. The number of rotatable bonds is 0. The van der Waals surface area contributed by atoms with Crippen LogP contribution in [0.5, 0.6) is 11.5 Å². The summed E-state index contributed by atoms with van der Waals surface area (Å²) >= 11 is 1.54. The fourth-order valence-corrected chi connectivity index (χ4v) is 3.12. The van der Waals surface area contributed by atoms with Crippen molar-refractivity contribution in [1.29, 1.82) is 0 Å². The second kappa shape index (κ2) is 6.52. The second-order valence-corrected chi connectivity index (χ2v) is 6.24. The first-order valence-electron chi connectivity index (χ1n) is 7.47. The number of para-hydroxylation sites is 2. The van der Waals surface area contributed by atoms with Crippen molar-refractivity contribution < 1.29 is 27.9 Å². The van der Waals surface area contributed by atoms with E-state index in [0.29, 0.717) is 23.0 Å². The summed E-state index contributed by atoms with van der Waals surface area (Å²) in [5.74, 6) is 1.53. The minimum atomic E-state index is -0.658. The lowest BCUT2D eigenvalue weighted by molar-refractivity contribution is 0.0648. The molecule has 25 heavy (non-hydrogen) atoms. The Morgan fingerprint density at radius 1 is 0.680 bits per heavy atom. The Labute approximate surface area is 146 Å². The van der Waals surface area contributed by atoms with Crippen LogP contribution < -0.4 is 9.47 Å². The lowest BCUT2D eigenvalue weighted by atomic mass is 10.3. The molecule has 0 N–H and O–H groups in total. The van der Waals surface area contributed by atoms with Crippen LogP contribution in [0.2, 0.25) is 0 Å². The maximum absolute atomic E-state index is 12.2. The molecule has 0 amide bonds. The highest BCUT2D eigenvalue weighted by molar-refractivity contribution is 7.97. The van der Waals surface area contributed by atoms with Gasteiger partial charge < -0.3 is 18.3 Å². The molecule has 0 spiro atoms. The molecule has 6 nitrogen and oxygen atoms in total. The van der Waals surface area contributed by atoms with Crippen LogP contribution >= 0.6 is 11.8 Å². The summed E-state index contributed by atoms with van der Waals surface area (Å²) in [5, 5.41) is 0. The van der Waals surface area contributed by atoms with Crippen LogP contribution in [0.3, 0.4) is 0 Å². The summed E-state index contributed by atoms with van der Waals surface area (Å²) in [6.07, 6.45) is 0. The average molecular weight is 356 g/mol. The molecule has 1 aliphatic heterocycles. The Hall–Kier alpha value is -2.93. The van der Waals surface area contributed by atoms with E-state index in [4.69, 9.17) is 18.3 Å². The third-order valence-electron chi connectivity index (χ3n) is 3.47. The standard InChI is InChI=1S/C18H12O6S/c19-17-15-7-5-11(21-15)9-25-10-12-6-8-16(22-12)18(20)24-14-4-2-1-3-13(14)23-17/h1-8H,9-10H2. The van der Waals surface area contributed by atoms with Gasteiger partial charge in [-0.15, -0.1) is 11.8 Å². The van der Waals surface area contributed by atoms with Gasteiger partial charge in [0.05, 0.1) is 11.5 Å². The molecule has 1 aliphatic rings. The number of hydrogen-bond acceptors (Lipinski definition) is 7. The Bertz CT molecular complexity index is 863. The van der Waals surface area contributed by atoms with E-state index in [2.05, 4.69) is 0 Å². The van der Waals surface area contributed by atoms with Crippen molar-refractivity contribution in [2.75, 3.05) is 0 Å². The lowest BCUT2D eigenvalue weighted by Crippen LogP contribution is -2.11. The highest BCUT2D eigenvalue weighted by Crippen LogP contribution is 2.29. The first-order chi connectivity index (χ1) is 12.2. The third kappa shape index (κ3) is 3.32. The van der Waals surface area contributed by atoms with Gasteiger partial charge in [0.2, 0.25) is 11.5 Å². The number of carbonyl (C=O) groups is 2. The number of fused-ring (bicyclic) bond motifs is 5. The number of hydrogen-bond donors (Lipinski definition) is 0. The highest BCUT2D eigenvalue weighted by atomic mass is 32.2. The van der Waals surface area contributed by atoms with Crippen LogP contribution in [0.1, 0.15) is 32.6 Å². The molecule has 0 fully saturated rings. The fourth-order valence-electron chi connectivity index (χ4n) is 2.30. The molecule has 3 heterocycles. The minimum Gasteiger partial charge on any atom is -0.453 e. The van der Waals surface area contributed by atoms with Crippen molar-refractivity contribution >= 4 is 23.7 Å². The maximum Gasteiger partial charge on any atom is 0.379 e. The monoisotopic (exact) mass is 356 g/mol. The van der Waals surface area contributed by atoms with Gasteiger partial charge in [0.25, 0.3) is 0 Å². The number of carbonyl (C=O) groups excluding carboxylic acids is 2. The summed E-state index contributed by atoms with van der Waals surface area (Å²) in [5.41, 5.74) is 0. The van der Waals surface area contributed by atoms with E-state index >= 15 is 0 Å². The summed E-state index contributed by atoms with van der Waals surface area (Å²) in [7, 11) is 0. The van der Waals surface area contributed by atoms with Gasteiger partial charge in [-0.1, -0.05) is 12.1 Å². The third-order valence-corrected chi connectivity index (χ3v) is 4.45. The first kappa shape index (κ1) is 15.6. The summed E-state index contributed by atoms with van der Waals surface area (Å²) < 4.78 is 21.6. The molecule has 2 aromatic heterocycles. The number of esters is 2. The molecule has 0 radical (unpaired) electrons.